The normalized spacial score (nSPS) is 10.6. The molecule has 4 heteroatoms. The number of nitrogens with one attached hydrogen (secondary N) is 1. The predicted octanol–water partition coefficient (Wildman–Crippen LogP) is 5.54. The van der Waals surface area contributed by atoms with Crippen LogP contribution in [-0.2, 0) is 14.3 Å². The molecule has 0 saturated heterocycles. The summed E-state index contributed by atoms with van der Waals surface area (Å²) >= 11 is 0. The molecule has 1 amide bonds. The van der Waals surface area contributed by atoms with Crippen LogP contribution in [0.25, 0.3) is 0 Å². The van der Waals surface area contributed by atoms with Crippen molar-refractivity contribution in [3.63, 3.8) is 0 Å². The topological polar surface area (TPSA) is 55.4 Å². The van der Waals surface area contributed by atoms with E-state index in [1.807, 2.05) is 0 Å². The van der Waals surface area contributed by atoms with Gasteiger partial charge in [-0.2, -0.15) is 0 Å². The van der Waals surface area contributed by atoms with Gasteiger partial charge in [-0.05, 0) is 12.8 Å². The zero-order valence-electron chi connectivity index (χ0n) is 16.7. The van der Waals surface area contributed by atoms with Crippen LogP contribution in [0.1, 0.15) is 110 Å². The number of hydrogen-bond acceptors (Lipinski definition) is 3. The molecule has 0 aliphatic carbocycles. The summed E-state index contributed by atoms with van der Waals surface area (Å²) in [6.45, 7) is 5.32. The largest absolute Gasteiger partial charge is 0.466 e. The van der Waals surface area contributed by atoms with E-state index in [2.05, 4.69) is 19.2 Å². The summed E-state index contributed by atoms with van der Waals surface area (Å²) in [4.78, 5) is 23.2. The van der Waals surface area contributed by atoms with Gasteiger partial charge >= 0.3 is 5.97 Å². The van der Waals surface area contributed by atoms with E-state index < -0.39 is 0 Å². The molecule has 0 spiro atoms. The lowest BCUT2D eigenvalue weighted by molar-refractivity contribution is -0.143. The van der Waals surface area contributed by atoms with Crippen LogP contribution in [0.4, 0.5) is 0 Å². The number of carbonyl (C=O) groups excluding carboxylic acids is 2. The number of unbranched alkanes of at least 4 members (excludes halogenated alkanes) is 11. The lowest BCUT2D eigenvalue weighted by atomic mass is 10.1. The molecule has 0 aromatic carbocycles. The first-order chi connectivity index (χ1) is 12.2. The number of esters is 1. The van der Waals surface area contributed by atoms with E-state index in [0.29, 0.717) is 19.6 Å². The molecule has 4 nitrogen and oxygen atoms in total. The Kier molecular flexibility index (Phi) is 18.5. The van der Waals surface area contributed by atoms with Gasteiger partial charge in [-0.1, -0.05) is 84.5 Å². The highest BCUT2D eigenvalue weighted by molar-refractivity contribution is 5.76. The smallest absolute Gasteiger partial charge is 0.307 e. The Bertz CT molecular complexity index is 318. The van der Waals surface area contributed by atoms with Crippen molar-refractivity contribution < 1.29 is 14.3 Å². The van der Waals surface area contributed by atoms with E-state index >= 15 is 0 Å². The molecule has 25 heavy (non-hydrogen) atoms. The fourth-order valence-corrected chi connectivity index (χ4v) is 2.78. The maximum absolute atomic E-state index is 11.6. The first kappa shape index (κ1) is 23.9. The monoisotopic (exact) mass is 355 g/mol. The van der Waals surface area contributed by atoms with Crippen LogP contribution in [0.15, 0.2) is 0 Å². The molecule has 0 atom stereocenters. The Morgan fingerprint density at radius 3 is 1.80 bits per heavy atom. The highest BCUT2D eigenvalue weighted by atomic mass is 16.5. The van der Waals surface area contributed by atoms with Gasteiger partial charge in [-0.3, -0.25) is 9.59 Å². The maximum Gasteiger partial charge on any atom is 0.307 e. The highest BCUT2D eigenvalue weighted by Crippen LogP contribution is 2.08. The quantitative estimate of drug-likeness (QED) is 0.259. The summed E-state index contributed by atoms with van der Waals surface area (Å²) < 4.78 is 5.20. The van der Waals surface area contributed by atoms with Crippen LogP contribution in [-0.4, -0.2) is 25.0 Å². The summed E-state index contributed by atoms with van der Waals surface area (Å²) in [7, 11) is 0. The molecular weight excluding hydrogens is 314 g/mol. The Labute approximate surface area is 155 Å². The van der Waals surface area contributed by atoms with Crippen molar-refractivity contribution >= 4 is 11.9 Å². The Balaban J connectivity index is 3.31. The first-order valence-corrected chi connectivity index (χ1v) is 10.6. The summed E-state index contributed by atoms with van der Waals surface area (Å²) in [5.41, 5.74) is 0. The SMILES string of the molecule is CCCCCCCCCCOC(=O)CCNC(=O)CCCCCCC. The van der Waals surface area contributed by atoms with Gasteiger partial charge in [-0.25, -0.2) is 0 Å². The predicted molar refractivity (Wildman–Crippen MR) is 105 cm³/mol. The number of ether oxygens (including phenoxy) is 1. The van der Waals surface area contributed by atoms with Gasteiger partial charge in [-0.15, -0.1) is 0 Å². The molecule has 0 fully saturated rings. The molecule has 148 valence electrons. The van der Waals surface area contributed by atoms with Crippen LogP contribution in [0.2, 0.25) is 0 Å². The van der Waals surface area contributed by atoms with Gasteiger partial charge in [0.05, 0.1) is 13.0 Å². The van der Waals surface area contributed by atoms with Gasteiger partial charge in [0, 0.05) is 13.0 Å². The number of hydrogen-bond donors (Lipinski definition) is 1. The van der Waals surface area contributed by atoms with Crippen molar-refractivity contribution in [2.75, 3.05) is 13.2 Å². The molecule has 0 unspecified atom stereocenters. The second kappa shape index (κ2) is 19.3. The Hall–Kier alpha value is -1.06. The molecule has 0 bridgehead atoms. The third-order valence-corrected chi connectivity index (χ3v) is 4.42. The van der Waals surface area contributed by atoms with E-state index in [-0.39, 0.29) is 18.3 Å². The third kappa shape index (κ3) is 19.1. The van der Waals surface area contributed by atoms with Crippen LogP contribution >= 0.6 is 0 Å². The molecule has 1 N–H and O–H groups in total. The zero-order chi connectivity index (χ0) is 18.6. The van der Waals surface area contributed by atoms with Crippen molar-refractivity contribution in [2.24, 2.45) is 0 Å². The Morgan fingerprint density at radius 2 is 1.20 bits per heavy atom. The lowest BCUT2D eigenvalue weighted by Gasteiger charge is -2.07. The van der Waals surface area contributed by atoms with Crippen molar-refractivity contribution in [1.82, 2.24) is 5.32 Å². The number of carbonyl (C=O) groups is 2. The zero-order valence-corrected chi connectivity index (χ0v) is 16.7. The average Bonchev–Trinajstić information content (AvgIpc) is 2.60. The van der Waals surface area contributed by atoms with Gasteiger partial charge < -0.3 is 10.1 Å². The number of amides is 1. The molecule has 0 saturated carbocycles. The lowest BCUT2D eigenvalue weighted by Crippen LogP contribution is -2.26. The van der Waals surface area contributed by atoms with Crippen LogP contribution in [0.3, 0.4) is 0 Å². The van der Waals surface area contributed by atoms with E-state index in [1.54, 1.807) is 0 Å². The molecule has 0 aliphatic heterocycles. The minimum absolute atomic E-state index is 0.0485. The third-order valence-electron chi connectivity index (χ3n) is 4.42. The van der Waals surface area contributed by atoms with Crippen LogP contribution < -0.4 is 5.32 Å². The van der Waals surface area contributed by atoms with E-state index in [1.165, 1.54) is 57.8 Å². The fourth-order valence-electron chi connectivity index (χ4n) is 2.78. The Morgan fingerprint density at radius 1 is 0.680 bits per heavy atom. The second-order valence-corrected chi connectivity index (χ2v) is 6.96. The summed E-state index contributed by atoms with van der Waals surface area (Å²) in [6.07, 6.45) is 16.5. The molecule has 0 aromatic heterocycles. The minimum atomic E-state index is -0.203. The van der Waals surface area contributed by atoms with E-state index in [0.717, 1.165) is 25.7 Å². The molecule has 0 heterocycles. The second-order valence-electron chi connectivity index (χ2n) is 6.96. The van der Waals surface area contributed by atoms with E-state index in [4.69, 9.17) is 4.74 Å². The summed E-state index contributed by atoms with van der Waals surface area (Å²) in [5.74, 6) is -0.154. The van der Waals surface area contributed by atoms with Gasteiger partial charge in [0.25, 0.3) is 0 Å². The standard InChI is InChI=1S/C21H41NO3/c1-3-5-7-9-10-11-13-15-19-25-21(24)17-18-22-20(23)16-14-12-8-6-4-2/h3-19H2,1-2H3,(H,22,23). The van der Waals surface area contributed by atoms with Crippen molar-refractivity contribution in [3.05, 3.63) is 0 Å². The van der Waals surface area contributed by atoms with Crippen molar-refractivity contribution in [1.29, 1.82) is 0 Å². The van der Waals surface area contributed by atoms with Crippen LogP contribution in [0, 0.1) is 0 Å². The molecule has 0 rings (SSSR count). The van der Waals surface area contributed by atoms with Gasteiger partial charge in [0.2, 0.25) is 5.91 Å². The average molecular weight is 356 g/mol. The van der Waals surface area contributed by atoms with Crippen molar-refractivity contribution in [3.8, 4) is 0 Å². The minimum Gasteiger partial charge on any atom is -0.466 e. The maximum atomic E-state index is 11.6. The number of rotatable bonds is 18. The van der Waals surface area contributed by atoms with Crippen LogP contribution in [0.5, 0.6) is 0 Å². The van der Waals surface area contributed by atoms with Gasteiger partial charge in [0.1, 0.15) is 0 Å². The highest BCUT2D eigenvalue weighted by Gasteiger charge is 2.05. The molecule has 0 aliphatic rings. The van der Waals surface area contributed by atoms with Gasteiger partial charge in [0.15, 0.2) is 0 Å². The molecule has 0 radical (unpaired) electrons. The summed E-state index contributed by atoms with van der Waals surface area (Å²) in [6, 6.07) is 0. The van der Waals surface area contributed by atoms with Crippen molar-refractivity contribution in [2.45, 2.75) is 110 Å². The molecule has 0 aromatic rings. The fraction of sp³-hybridized carbons (Fsp3) is 0.905. The summed E-state index contributed by atoms with van der Waals surface area (Å²) in [5, 5.41) is 2.80. The first-order valence-electron chi connectivity index (χ1n) is 10.6. The van der Waals surface area contributed by atoms with E-state index in [9.17, 15) is 9.59 Å². The molecular formula is C21H41NO3.